The van der Waals surface area contributed by atoms with Crippen molar-refractivity contribution < 1.29 is 18.3 Å². The Labute approximate surface area is 114 Å². The number of ether oxygens (including phenoxy) is 1. The van der Waals surface area contributed by atoms with Crippen LogP contribution in [0.4, 0.5) is 8.78 Å². The van der Waals surface area contributed by atoms with Gasteiger partial charge in [0.1, 0.15) is 11.8 Å². The second-order valence-corrected chi connectivity index (χ2v) is 4.22. The van der Waals surface area contributed by atoms with Crippen LogP contribution >= 0.6 is 0 Å². The number of nitrogens with zero attached hydrogens (tertiary/aromatic N) is 2. The van der Waals surface area contributed by atoms with Crippen LogP contribution in [-0.4, -0.2) is 43.1 Å². The summed E-state index contributed by atoms with van der Waals surface area (Å²) in [6.45, 7) is -1.74. The number of halogens is 2. The van der Waals surface area contributed by atoms with Crippen molar-refractivity contribution in [2.75, 3.05) is 19.6 Å². The monoisotopic (exact) mass is 281 g/mol. The zero-order chi connectivity index (χ0) is 14.5. The topological polar surface area (TPSA) is 65.4 Å². The Morgan fingerprint density at radius 3 is 2.95 bits per heavy atom. The maximum atomic E-state index is 12.4. The van der Waals surface area contributed by atoms with Gasteiger partial charge in [0.05, 0.1) is 11.6 Å². The molecule has 0 spiro atoms. The number of rotatable bonds is 3. The Bertz CT molecular complexity index is 531. The molecule has 20 heavy (non-hydrogen) atoms. The highest BCUT2D eigenvalue weighted by Crippen LogP contribution is 2.23. The number of amides is 1. The minimum Gasteiger partial charge on any atom is -0.434 e. The van der Waals surface area contributed by atoms with Crippen LogP contribution in [0.15, 0.2) is 24.3 Å². The van der Waals surface area contributed by atoms with E-state index in [0.717, 1.165) is 0 Å². The van der Waals surface area contributed by atoms with Crippen molar-refractivity contribution in [3.8, 4) is 11.8 Å². The van der Waals surface area contributed by atoms with Crippen molar-refractivity contribution >= 4 is 5.91 Å². The Kier molecular flexibility index (Phi) is 4.48. The molecule has 2 rings (SSSR count). The molecule has 1 amide bonds. The minimum absolute atomic E-state index is 0.0370. The maximum absolute atomic E-state index is 12.4. The zero-order valence-corrected chi connectivity index (χ0v) is 10.6. The summed E-state index contributed by atoms with van der Waals surface area (Å²) in [6, 6.07) is 7.20. The van der Waals surface area contributed by atoms with Crippen molar-refractivity contribution in [3.05, 3.63) is 29.8 Å². The summed E-state index contributed by atoms with van der Waals surface area (Å²) in [6.07, 6.45) is 0. The highest BCUT2D eigenvalue weighted by atomic mass is 19.3. The Hall–Kier alpha value is -2.20. The Morgan fingerprint density at radius 2 is 2.25 bits per heavy atom. The zero-order valence-electron chi connectivity index (χ0n) is 10.6. The smallest absolute Gasteiger partial charge is 0.387 e. The van der Waals surface area contributed by atoms with Gasteiger partial charge in [-0.2, -0.15) is 14.0 Å². The van der Waals surface area contributed by atoms with Crippen molar-refractivity contribution in [1.82, 2.24) is 10.2 Å². The lowest BCUT2D eigenvalue weighted by atomic mass is 10.1. The summed E-state index contributed by atoms with van der Waals surface area (Å²) >= 11 is 0. The van der Waals surface area contributed by atoms with Gasteiger partial charge in [0.2, 0.25) is 0 Å². The highest BCUT2D eigenvalue weighted by molar-refractivity contribution is 5.97. The van der Waals surface area contributed by atoms with Gasteiger partial charge in [0.15, 0.2) is 0 Å². The van der Waals surface area contributed by atoms with E-state index in [4.69, 9.17) is 5.26 Å². The lowest BCUT2D eigenvalue weighted by Crippen LogP contribution is -2.53. The van der Waals surface area contributed by atoms with Crippen molar-refractivity contribution in [1.29, 1.82) is 5.26 Å². The molecule has 106 valence electrons. The average Bonchev–Trinajstić information content (AvgIpc) is 2.46. The first-order valence-electron chi connectivity index (χ1n) is 6.08. The number of carbonyl (C=O) groups is 1. The van der Waals surface area contributed by atoms with Crippen molar-refractivity contribution in [3.63, 3.8) is 0 Å². The third-order valence-electron chi connectivity index (χ3n) is 2.99. The molecule has 0 radical (unpaired) electrons. The van der Waals surface area contributed by atoms with E-state index >= 15 is 0 Å². The van der Waals surface area contributed by atoms with E-state index in [-0.39, 0.29) is 11.3 Å². The Balaban J connectivity index is 2.26. The SMILES string of the molecule is N#CC1CNCCN1C(=O)c1ccccc1OC(F)F. The first-order chi connectivity index (χ1) is 9.63. The van der Waals surface area contributed by atoms with Crippen LogP contribution in [0.1, 0.15) is 10.4 Å². The second kappa shape index (κ2) is 6.30. The number of hydrogen-bond acceptors (Lipinski definition) is 4. The van der Waals surface area contributed by atoms with Crippen LogP contribution in [0.2, 0.25) is 0 Å². The number of hydrogen-bond donors (Lipinski definition) is 1. The van der Waals surface area contributed by atoms with Gasteiger partial charge in [-0.15, -0.1) is 0 Å². The van der Waals surface area contributed by atoms with E-state index in [1.165, 1.54) is 23.1 Å². The van der Waals surface area contributed by atoms with Gasteiger partial charge in [0.25, 0.3) is 5.91 Å². The van der Waals surface area contributed by atoms with E-state index in [1.54, 1.807) is 6.07 Å². The minimum atomic E-state index is -3.00. The van der Waals surface area contributed by atoms with Crippen LogP contribution < -0.4 is 10.1 Å². The first-order valence-corrected chi connectivity index (χ1v) is 6.08. The molecule has 0 aliphatic carbocycles. The van der Waals surface area contributed by atoms with Crippen LogP contribution in [-0.2, 0) is 0 Å². The van der Waals surface area contributed by atoms with E-state index in [0.29, 0.717) is 19.6 Å². The number of para-hydroxylation sites is 1. The lowest BCUT2D eigenvalue weighted by molar-refractivity contribution is -0.0503. The van der Waals surface area contributed by atoms with Crippen LogP contribution in [0, 0.1) is 11.3 Å². The predicted octanol–water partition coefficient (Wildman–Crippen LogP) is 1.23. The predicted molar refractivity (Wildman–Crippen MR) is 66.4 cm³/mol. The second-order valence-electron chi connectivity index (χ2n) is 4.22. The standard InChI is InChI=1S/C13H13F2N3O2/c14-13(15)20-11-4-2-1-3-10(11)12(19)18-6-5-17-8-9(18)7-16/h1-4,9,13,17H,5-6,8H2. The van der Waals surface area contributed by atoms with Gasteiger partial charge >= 0.3 is 6.61 Å². The van der Waals surface area contributed by atoms with Gasteiger partial charge in [-0.1, -0.05) is 12.1 Å². The lowest BCUT2D eigenvalue weighted by Gasteiger charge is -2.32. The summed E-state index contributed by atoms with van der Waals surface area (Å²) < 4.78 is 29.0. The molecule has 1 unspecified atom stereocenters. The van der Waals surface area contributed by atoms with E-state index in [2.05, 4.69) is 10.1 Å². The molecule has 1 N–H and O–H groups in total. The molecular formula is C13H13F2N3O2. The molecule has 0 aromatic heterocycles. The first kappa shape index (κ1) is 14.2. The number of benzene rings is 1. The summed E-state index contributed by atoms with van der Waals surface area (Å²) in [5.41, 5.74) is 0.0370. The summed E-state index contributed by atoms with van der Waals surface area (Å²) in [4.78, 5) is 13.8. The molecule has 1 aliphatic rings. The third kappa shape index (κ3) is 3.03. The number of nitriles is 1. The van der Waals surface area contributed by atoms with E-state index in [9.17, 15) is 13.6 Å². The summed E-state index contributed by atoms with van der Waals surface area (Å²) in [5, 5.41) is 12.0. The summed E-state index contributed by atoms with van der Waals surface area (Å²) in [7, 11) is 0. The number of carbonyl (C=O) groups excluding carboxylic acids is 1. The largest absolute Gasteiger partial charge is 0.434 e. The molecule has 1 aliphatic heterocycles. The molecule has 0 bridgehead atoms. The summed E-state index contributed by atoms with van der Waals surface area (Å²) in [5.74, 6) is -0.656. The maximum Gasteiger partial charge on any atom is 0.387 e. The Morgan fingerprint density at radius 1 is 1.50 bits per heavy atom. The fourth-order valence-electron chi connectivity index (χ4n) is 2.06. The van der Waals surface area contributed by atoms with Crippen molar-refractivity contribution in [2.45, 2.75) is 12.7 Å². The molecule has 5 nitrogen and oxygen atoms in total. The molecule has 1 fully saturated rings. The average molecular weight is 281 g/mol. The molecule has 1 aromatic rings. The quantitative estimate of drug-likeness (QED) is 0.905. The number of nitrogens with one attached hydrogen (secondary N) is 1. The third-order valence-corrected chi connectivity index (χ3v) is 2.99. The van der Waals surface area contributed by atoms with Gasteiger partial charge in [0, 0.05) is 19.6 Å². The molecule has 1 aromatic carbocycles. The molecule has 1 heterocycles. The fraction of sp³-hybridized carbons (Fsp3) is 0.385. The van der Waals surface area contributed by atoms with Gasteiger partial charge < -0.3 is 15.0 Å². The molecule has 1 saturated heterocycles. The number of piperazine rings is 1. The molecule has 0 saturated carbocycles. The van der Waals surface area contributed by atoms with E-state index in [1.807, 2.05) is 6.07 Å². The van der Waals surface area contributed by atoms with Crippen LogP contribution in [0.5, 0.6) is 5.75 Å². The normalized spacial score (nSPS) is 18.7. The number of alkyl halides is 2. The van der Waals surface area contributed by atoms with Gasteiger partial charge in [-0.05, 0) is 12.1 Å². The van der Waals surface area contributed by atoms with Crippen molar-refractivity contribution in [2.24, 2.45) is 0 Å². The molecule has 1 atom stereocenters. The highest BCUT2D eigenvalue weighted by Gasteiger charge is 2.29. The molecular weight excluding hydrogens is 268 g/mol. The van der Waals surface area contributed by atoms with E-state index < -0.39 is 18.6 Å². The fourth-order valence-corrected chi connectivity index (χ4v) is 2.06. The molecule has 7 heteroatoms. The van der Waals surface area contributed by atoms with Gasteiger partial charge in [-0.25, -0.2) is 0 Å². The van der Waals surface area contributed by atoms with Gasteiger partial charge in [-0.3, -0.25) is 4.79 Å². The van der Waals surface area contributed by atoms with Crippen LogP contribution in [0.25, 0.3) is 0 Å². The van der Waals surface area contributed by atoms with Crippen LogP contribution in [0.3, 0.4) is 0 Å².